The summed E-state index contributed by atoms with van der Waals surface area (Å²) in [5.41, 5.74) is 5.70. The van der Waals surface area contributed by atoms with E-state index < -0.39 is 6.09 Å². The van der Waals surface area contributed by atoms with Crippen molar-refractivity contribution < 1.29 is 42.9 Å². The number of anilines is 3. The van der Waals surface area contributed by atoms with Gasteiger partial charge in [0.05, 0.1) is 67.7 Å². The lowest BCUT2D eigenvalue weighted by atomic mass is 10.1. The van der Waals surface area contributed by atoms with Crippen LogP contribution in [0.3, 0.4) is 0 Å². The van der Waals surface area contributed by atoms with E-state index in [9.17, 15) is 19.2 Å². The number of ketones is 1. The number of rotatable bonds is 11. The minimum absolute atomic E-state index is 0.139. The first-order chi connectivity index (χ1) is 26.7. The first-order valence-corrected chi connectivity index (χ1v) is 17.8. The minimum atomic E-state index is -0.768. The third-order valence-corrected chi connectivity index (χ3v) is 9.81. The van der Waals surface area contributed by atoms with Gasteiger partial charge in [-0.1, -0.05) is 24.3 Å². The van der Waals surface area contributed by atoms with Crippen molar-refractivity contribution in [3.63, 3.8) is 0 Å². The van der Waals surface area contributed by atoms with Crippen LogP contribution >= 0.6 is 0 Å². The quantitative estimate of drug-likeness (QED) is 0.175. The van der Waals surface area contributed by atoms with E-state index in [1.54, 1.807) is 52.4 Å². The van der Waals surface area contributed by atoms with Crippen molar-refractivity contribution in [1.29, 1.82) is 0 Å². The molecule has 0 radical (unpaired) electrons. The largest absolute Gasteiger partial charge is 0.493 e. The number of para-hydroxylation sites is 1. The predicted octanol–water partition coefficient (Wildman–Crippen LogP) is 6.26. The lowest BCUT2D eigenvalue weighted by Crippen LogP contribution is -2.37. The molecule has 280 valence electrons. The van der Waals surface area contributed by atoms with Crippen LogP contribution in [0.4, 0.5) is 33.2 Å². The summed E-state index contributed by atoms with van der Waals surface area (Å²) in [6, 6.07) is 19.4. The molecular formula is C41H37N5O9. The van der Waals surface area contributed by atoms with Crippen molar-refractivity contribution in [2.75, 3.05) is 49.2 Å². The summed E-state index contributed by atoms with van der Waals surface area (Å²) in [4.78, 5) is 63.9. The molecule has 0 fully saturated rings. The number of methoxy groups -OCH3 is 2. The molecule has 14 heteroatoms. The molecule has 14 nitrogen and oxygen atoms in total. The second kappa shape index (κ2) is 14.6. The summed E-state index contributed by atoms with van der Waals surface area (Å²) in [5.74, 6) is 0.967. The maximum Gasteiger partial charge on any atom is 0.412 e. The number of ether oxygens (including phenoxy) is 5. The SMILES string of the molecule is COc1cc2c(cc1OCCCOc1cc3c(cc1OC)C(=O)N1c4cc(NC(=O)OCC(C)=O)ccc4C[C@H]1C=N3)N=C[C@@H]1Cc3ccccc3N1C2=O. The van der Waals surface area contributed by atoms with Crippen molar-refractivity contribution in [2.24, 2.45) is 9.98 Å². The molecule has 0 spiro atoms. The topological polar surface area (TPSA) is 158 Å². The summed E-state index contributed by atoms with van der Waals surface area (Å²) < 4.78 is 28.4. The minimum Gasteiger partial charge on any atom is -0.493 e. The van der Waals surface area contributed by atoms with Crippen molar-refractivity contribution in [3.8, 4) is 23.0 Å². The van der Waals surface area contributed by atoms with E-state index in [0.717, 1.165) is 16.8 Å². The average Bonchev–Trinajstić information content (AvgIpc) is 3.67. The van der Waals surface area contributed by atoms with Gasteiger partial charge < -0.3 is 23.7 Å². The molecule has 0 saturated heterocycles. The molecule has 4 aliphatic rings. The number of nitrogens with zero attached hydrogens (tertiary/aromatic N) is 4. The fourth-order valence-corrected chi connectivity index (χ4v) is 7.24. The maximum atomic E-state index is 14.0. The lowest BCUT2D eigenvalue weighted by Gasteiger charge is -2.22. The van der Waals surface area contributed by atoms with Crippen LogP contribution in [0.1, 0.15) is 45.2 Å². The van der Waals surface area contributed by atoms with E-state index in [2.05, 4.69) is 15.3 Å². The Morgan fingerprint density at radius 3 is 1.87 bits per heavy atom. The Morgan fingerprint density at radius 2 is 1.29 bits per heavy atom. The highest BCUT2D eigenvalue weighted by Gasteiger charge is 2.38. The average molecular weight is 744 g/mol. The van der Waals surface area contributed by atoms with Gasteiger partial charge >= 0.3 is 6.09 Å². The van der Waals surface area contributed by atoms with E-state index in [1.807, 2.05) is 36.5 Å². The van der Waals surface area contributed by atoms with E-state index in [4.69, 9.17) is 23.7 Å². The Balaban J connectivity index is 0.924. The van der Waals surface area contributed by atoms with Gasteiger partial charge in [-0.3, -0.25) is 39.5 Å². The van der Waals surface area contributed by atoms with Crippen molar-refractivity contribution in [1.82, 2.24) is 0 Å². The van der Waals surface area contributed by atoms with Crippen LogP contribution in [-0.2, 0) is 22.4 Å². The van der Waals surface area contributed by atoms with Gasteiger partial charge in [0.15, 0.2) is 35.4 Å². The summed E-state index contributed by atoms with van der Waals surface area (Å²) in [7, 11) is 3.03. The third kappa shape index (κ3) is 6.71. The number of fused-ring (bicyclic) bond motifs is 8. The van der Waals surface area contributed by atoms with Gasteiger partial charge in [-0.25, -0.2) is 4.79 Å². The van der Waals surface area contributed by atoms with Crippen LogP contribution in [0, 0.1) is 0 Å². The molecule has 2 atom stereocenters. The number of Topliss-reactive ketones (excluding diaryl/α,β-unsaturated/α-hetero) is 1. The van der Waals surface area contributed by atoms with Crippen LogP contribution in [0.2, 0.25) is 0 Å². The third-order valence-electron chi connectivity index (χ3n) is 9.81. The van der Waals surface area contributed by atoms with Gasteiger partial charge in [0.2, 0.25) is 0 Å². The Bertz CT molecular complexity index is 2300. The molecule has 0 saturated carbocycles. The second-order valence-electron chi connectivity index (χ2n) is 13.4. The molecule has 0 aliphatic carbocycles. The number of hydrogen-bond acceptors (Lipinski definition) is 11. The fourth-order valence-electron chi connectivity index (χ4n) is 7.24. The van der Waals surface area contributed by atoms with E-state index in [-0.39, 0.29) is 49.5 Å². The van der Waals surface area contributed by atoms with Crippen LogP contribution < -0.4 is 34.1 Å². The zero-order valence-corrected chi connectivity index (χ0v) is 30.4. The number of benzene rings is 4. The number of aliphatic imine (C=N–C) groups is 2. The molecule has 1 N–H and O–H groups in total. The highest BCUT2D eigenvalue weighted by molar-refractivity contribution is 6.16. The van der Waals surface area contributed by atoms with Crippen LogP contribution in [0.25, 0.3) is 0 Å². The van der Waals surface area contributed by atoms with E-state index in [0.29, 0.717) is 76.1 Å². The smallest absolute Gasteiger partial charge is 0.412 e. The Hall–Kier alpha value is -6.70. The van der Waals surface area contributed by atoms with Crippen molar-refractivity contribution >= 4 is 64.6 Å². The molecular weight excluding hydrogens is 706 g/mol. The van der Waals surface area contributed by atoms with Gasteiger partial charge in [0.1, 0.15) is 0 Å². The molecule has 55 heavy (non-hydrogen) atoms. The summed E-state index contributed by atoms with van der Waals surface area (Å²) >= 11 is 0. The number of hydrogen-bond donors (Lipinski definition) is 1. The van der Waals surface area contributed by atoms with Gasteiger partial charge in [-0.2, -0.15) is 0 Å². The van der Waals surface area contributed by atoms with Gasteiger partial charge in [0.25, 0.3) is 11.8 Å². The Labute approximate surface area is 316 Å². The predicted molar refractivity (Wildman–Crippen MR) is 205 cm³/mol. The summed E-state index contributed by atoms with van der Waals surface area (Å²) in [5, 5.41) is 2.61. The lowest BCUT2D eigenvalue weighted by molar-refractivity contribution is -0.119. The monoisotopic (exact) mass is 743 g/mol. The van der Waals surface area contributed by atoms with E-state index >= 15 is 0 Å². The van der Waals surface area contributed by atoms with Crippen LogP contribution in [0.15, 0.2) is 76.7 Å². The first kappa shape index (κ1) is 35.3. The summed E-state index contributed by atoms with van der Waals surface area (Å²) in [6.45, 7) is 1.53. The maximum absolute atomic E-state index is 14.0. The zero-order chi connectivity index (χ0) is 38.2. The van der Waals surface area contributed by atoms with Gasteiger partial charge in [0, 0.05) is 55.2 Å². The first-order valence-electron chi connectivity index (χ1n) is 17.8. The highest BCUT2D eigenvalue weighted by Crippen LogP contribution is 2.43. The molecule has 0 unspecified atom stereocenters. The Kier molecular flexibility index (Phi) is 9.39. The molecule has 4 aromatic carbocycles. The fraction of sp³-hybridized carbons (Fsp3) is 0.268. The number of nitrogens with one attached hydrogen (secondary N) is 1. The molecule has 0 aromatic heterocycles. The molecule has 4 aromatic rings. The van der Waals surface area contributed by atoms with Crippen molar-refractivity contribution in [2.45, 2.75) is 38.3 Å². The molecule has 8 rings (SSSR count). The number of carbonyl (C=O) groups is 4. The van der Waals surface area contributed by atoms with Gasteiger partial charge in [-0.05, 0) is 48.4 Å². The normalized spacial score (nSPS) is 17.1. The second-order valence-corrected chi connectivity index (χ2v) is 13.4. The standard InChI is InChI=1S/C41H37N5O9/c1-23(47)22-55-41(50)44-26-10-9-25-14-28-21-43-32-19-38(36(52-3)17-30(32)40(49)46(28)34(25)15-26)54-12-6-11-53-37-18-31-29(16-35(37)51-2)39(48)45-27(20-42-31)13-24-7-4-5-8-33(24)45/h4-5,7-10,15-21,27-28H,6,11-14,22H2,1-3H3,(H,44,50)/t27-,28-/m0/s1. The Morgan fingerprint density at radius 1 is 0.727 bits per heavy atom. The number of carbonyl (C=O) groups excluding carboxylic acids is 4. The number of amides is 3. The van der Waals surface area contributed by atoms with Crippen molar-refractivity contribution in [3.05, 3.63) is 89.0 Å². The van der Waals surface area contributed by atoms with Gasteiger partial charge in [-0.15, -0.1) is 0 Å². The zero-order valence-electron chi connectivity index (χ0n) is 30.4. The summed E-state index contributed by atoms with van der Waals surface area (Å²) in [6.07, 6.45) is 4.51. The van der Waals surface area contributed by atoms with Crippen LogP contribution in [-0.4, -0.2) is 82.2 Å². The molecule has 3 amide bonds. The molecule has 4 heterocycles. The van der Waals surface area contributed by atoms with Crippen LogP contribution in [0.5, 0.6) is 23.0 Å². The molecule has 4 aliphatic heterocycles. The van der Waals surface area contributed by atoms with E-state index in [1.165, 1.54) is 21.1 Å². The highest BCUT2D eigenvalue weighted by atomic mass is 16.6. The molecule has 0 bridgehead atoms.